The van der Waals surface area contributed by atoms with Gasteiger partial charge in [-0.15, -0.1) is 0 Å². The Kier molecular flexibility index (Phi) is 3.00. The van der Waals surface area contributed by atoms with Crippen LogP contribution < -0.4 is 5.32 Å². The van der Waals surface area contributed by atoms with Gasteiger partial charge in [0, 0.05) is 13.1 Å². The molecule has 6 fully saturated rings. The highest BCUT2D eigenvalue weighted by atomic mass is 16.5. The predicted octanol–water partition coefficient (Wildman–Crippen LogP) is 3.89. The van der Waals surface area contributed by atoms with E-state index in [1.165, 1.54) is 51.4 Å². The molecule has 5 aliphatic carbocycles. The van der Waals surface area contributed by atoms with Crippen LogP contribution in [0.3, 0.4) is 0 Å². The van der Waals surface area contributed by atoms with Crippen LogP contribution >= 0.6 is 0 Å². The van der Waals surface area contributed by atoms with Crippen molar-refractivity contribution in [1.82, 2.24) is 5.32 Å². The molecule has 0 aromatic carbocycles. The van der Waals surface area contributed by atoms with Gasteiger partial charge in [0.25, 0.3) is 0 Å². The SMILES string of the molecule is C1CCC2(CC1)CNCC(C13CC4CC(CC(C4)C1)C3)O2. The number of nitrogens with one attached hydrogen (secondary N) is 1. The predicted molar refractivity (Wildman–Crippen MR) is 84.2 cm³/mol. The van der Waals surface area contributed by atoms with Crippen LogP contribution in [0.5, 0.6) is 0 Å². The molecule has 1 atom stereocenters. The molecule has 1 aliphatic heterocycles. The third-order valence-corrected chi connectivity index (χ3v) is 7.70. The van der Waals surface area contributed by atoms with Crippen molar-refractivity contribution in [3.63, 3.8) is 0 Å². The Bertz CT molecular complexity index is 371. The van der Waals surface area contributed by atoms with Crippen LogP contribution in [0, 0.1) is 23.2 Å². The van der Waals surface area contributed by atoms with Gasteiger partial charge in [-0.05, 0) is 74.5 Å². The summed E-state index contributed by atoms with van der Waals surface area (Å²) < 4.78 is 6.94. The molecule has 0 radical (unpaired) electrons. The molecule has 2 heteroatoms. The molecular weight excluding hydrogens is 258 g/mol. The number of rotatable bonds is 1. The highest BCUT2D eigenvalue weighted by molar-refractivity contribution is 5.07. The largest absolute Gasteiger partial charge is 0.369 e. The van der Waals surface area contributed by atoms with Crippen LogP contribution in [-0.2, 0) is 4.74 Å². The summed E-state index contributed by atoms with van der Waals surface area (Å²) in [5.41, 5.74) is 0.775. The highest BCUT2D eigenvalue weighted by Crippen LogP contribution is 2.62. The Labute approximate surface area is 129 Å². The molecule has 6 aliphatic rings. The summed E-state index contributed by atoms with van der Waals surface area (Å²) >= 11 is 0. The molecule has 1 heterocycles. The van der Waals surface area contributed by atoms with E-state index in [2.05, 4.69) is 5.32 Å². The Morgan fingerprint density at radius 1 is 0.810 bits per heavy atom. The molecule has 118 valence electrons. The minimum atomic E-state index is 0.213. The maximum atomic E-state index is 6.94. The summed E-state index contributed by atoms with van der Waals surface area (Å²) in [6.45, 7) is 2.25. The first-order valence-corrected chi connectivity index (χ1v) is 9.64. The second-order valence-electron chi connectivity index (χ2n) is 9.26. The van der Waals surface area contributed by atoms with Gasteiger partial charge in [-0.3, -0.25) is 0 Å². The lowest BCUT2D eigenvalue weighted by molar-refractivity contribution is -0.212. The van der Waals surface area contributed by atoms with Gasteiger partial charge < -0.3 is 10.1 Å². The number of hydrogen-bond acceptors (Lipinski definition) is 2. The van der Waals surface area contributed by atoms with Crippen molar-refractivity contribution in [2.75, 3.05) is 13.1 Å². The van der Waals surface area contributed by atoms with Crippen molar-refractivity contribution < 1.29 is 4.74 Å². The zero-order chi connectivity index (χ0) is 13.9. The van der Waals surface area contributed by atoms with Gasteiger partial charge in [0.2, 0.25) is 0 Å². The second kappa shape index (κ2) is 4.71. The van der Waals surface area contributed by atoms with Crippen molar-refractivity contribution >= 4 is 0 Å². The van der Waals surface area contributed by atoms with Gasteiger partial charge in [0.15, 0.2) is 0 Å². The average molecular weight is 289 g/mol. The smallest absolute Gasteiger partial charge is 0.0811 e. The van der Waals surface area contributed by atoms with E-state index < -0.39 is 0 Å². The lowest BCUT2D eigenvalue weighted by atomic mass is 9.48. The molecule has 1 saturated heterocycles. The topological polar surface area (TPSA) is 21.3 Å². The molecule has 1 unspecified atom stereocenters. The normalized spacial score (nSPS) is 51.4. The fraction of sp³-hybridized carbons (Fsp3) is 1.00. The van der Waals surface area contributed by atoms with Crippen molar-refractivity contribution in [3.8, 4) is 0 Å². The third-order valence-electron chi connectivity index (χ3n) is 7.70. The minimum absolute atomic E-state index is 0.213. The minimum Gasteiger partial charge on any atom is -0.369 e. The first kappa shape index (κ1) is 13.4. The molecular formula is C19H31NO. The molecule has 0 aromatic rings. The van der Waals surface area contributed by atoms with E-state index in [9.17, 15) is 0 Å². The summed E-state index contributed by atoms with van der Waals surface area (Å²) in [4.78, 5) is 0. The van der Waals surface area contributed by atoms with E-state index in [1.54, 1.807) is 19.3 Å². The molecule has 0 amide bonds. The van der Waals surface area contributed by atoms with E-state index in [1.807, 2.05) is 0 Å². The van der Waals surface area contributed by atoms with Crippen LogP contribution in [0.25, 0.3) is 0 Å². The third kappa shape index (κ3) is 2.12. The van der Waals surface area contributed by atoms with Crippen molar-refractivity contribution in [2.45, 2.75) is 82.3 Å². The standard InChI is InChI=1S/C19H31NO/c1-2-4-19(5-3-1)13-20-12-17(21-19)18-9-14-6-15(10-18)8-16(7-14)11-18/h14-17,20H,1-13H2. The zero-order valence-corrected chi connectivity index (χ0v) is 13.4. The first-order chi connectivity index (χ1) is 10.3. The quantitative estimate of drug-likeness (QED) is 0.790. The second-order valence-corrected chi connectivity index (χ2v) is 9.26. The molecule has 1 spiro atoms. The maximum absolute atomic E-state index is 6.94. The Morgan fingerprint density at radius 2 is 1.43 bits per heavy atom. The zero-order valence-electron chi connectivity index (χ0n) is 13.4. The van der Waals surface area contributed by atoms with Gasteiger partial charge in [0.05, 0.1) is 11.7 Å². The van der Waals surface area contributed by atoms with Crippen molar-refractivity contribution in [2.24, 2.45) is 23.2 Å². The fourth-order valence-electron chi connectivity index (χ4n) is 7.22. The summed E-state index contributed by atoms with van der Waals surface area (Å²) in [5.74, 6) is 3.14. The molecule has 6 rings (SSSR count). The molecule has 5 saturated carbocycles. The molecule has 2 nitrogen and oxygen atoms in total. The van der Waals surface area contributed by atoms with Crippen LogP contribution in [0.15, 0.2) is 0 Å². The van der Waals surface area contributed by atoms with E-state index >= 15 is 0 Å². The number of ether oxygens (including phenoxy) is 1. The van der Waals surface area contributed by atoms with Gasteiger partial charge in [-0.25, -0.2) is 0 Å². The van der Waals surface area contributed by atoms with Gasteiger partial charge in [-0.1, -0.05) is 19.3 Å². The molecule has 4 bridgehead atoms. The van der Waals surface area contributed by atoms with E-state index in [-0.39, 0.29) is 5.60 Å². The summed E-state index contributed by atoms with van der Waals surface area (Å²) in [5, 5.41) is 3.80. The van der Waals surface area contributed by atoms with Crippen molar-refractivity contribution in [1.29, 1.82) is 0 Å². The van der Waals surface area contributed by atoms with Gasteiger partial charge in [0.1, 0.15) is 0 Å². The Hall–Kier alpha value is -0.0800. The highest BCUT2D eigenvalue weighted by Gasteiger charge is 2.56. The summed E-state index contributed by atoms with van der Waals surface area (Å²) in [7, 11) is 0. The van der Waals surface area contributed by atoms with Gasteiger partial charge in [-0.2, -0.15) is 0 Å². The number of morpholine rings is 1. The molecule has 21 heavy (non-hydrogen) atoms. The number of hydrogen-bond donors (Lipinski definition) is 1. The first-order valence-electron chi connectivity index (χ1n) is 9.64. The summed E-state index contributed by atoms with van der Waals surface area (Å²) in [6.07, 6.45) is 16.4. The van der Waals surface area contributed by atoms with Crippen LogP contribution in [0.4, 0.5) is 0 Å². The van der Waals surface area contributed by atoms with Gasteiger partial charge >= 0.3 is 0 Å². The average Bonchev–Trinajstić information content (AvgIpc) is 2.47. The Morgan fingerprint density at radius 3 is 2.05 bits per heavy atom. The van der Waals surface area contributed by atoms with Crippen molar-refractivity contribution in [3.05, 3.63) is 0 Å². The van der Waals surface area contributed by atoms with E-state index in [0.29, 0.717) is 11.5 Å². The lowest BCUT2D eigenvalue weighted by Gasteiger charge is -2.61. The van der Waals surface area contributed by atoms with Crippen LogP contribution in [0.2, 0.25) is 0 Å². The maximum Gasteiger partial charge on any atom is 0.0811 e. The monoisotopic (exact) mass is 289 g/mol. The summed E-state index contributed by atoms with van der Waals surface area (Å²) in [6, 6.07) is 0. The fourth-order valence-corrected chi connectivity index (χ4v) is 7.22. The lowest BCUT2D eigenvalue weighted by Crippen LogP contribution is -2.62. The Balaban J connectivity index is 1.39. The van der Waals surface area contributed by atoms with E-state index in [0.717, 1.165) is 30.8 Å². The van der Waals surface area contributed by atoms with Crippen LogP contribution in [-0.4, -0.2) is 24.8 Å². The molecule has 1 N–H and O–H groups in total. The van der Waals surface area contributed by atoms with E-state index in [4.69, 9.17) is 4.74 Å². The molecule has 0 aromatic heterocycles. The van der Waals surface area contributed by atoms with Crippen LogP contribution in [0.1, 0.15) is 70.6 Å².